The summed E-state index contributed by atoms with van der Waals surface area (Å²) in [4.78, 5) is 13.6. The molecule has 0 saturated carbocycles. The van der Waals surface area contributed by atoms with Crippen molar-refractivity contribution in [2.45, 2.75) is 0 Å². The summed E-state index contributed by atoms with van der Waals surface area (Å²) in [5, 5.41) is 4.66. The first-order chi connectivity index (χ1) is 16.6. The first-order valence-electron chi connectivity index (χ1n) is 10.7. The van der Waals surface area contributed by atoms with Crippen LogP contribution in [0.3, 0.4) is 0 Å². The molecule has 0 fully saturated rings. The van der Waals surface area contributed by atoms with Gasteiger partial charge in [0.1, 0.15) is 0 Å². The van der Waals surface area contributed by atoms with Crippen molar-refractivity contribution in [1.29, 1.82) is 0 Å². The van der Waals surface area contributed by atoms with E-state index in [1.54, 1.807) is 32.9 Å². The number of rotatable bonds is 6. The molecule has 7 nitrogen and oxygen atoms in total. The van der Waals surface area contributed by atoms with Crippen LogP contribution in [0.25, 0.3) is 33.0 Å². The molecule has 34 heavy (non-hydrogen) atoms. The van der Waals surface area contributed by atoms with Crippen LogP contribution in [0.15, 0.2) is 75.9 Å². The van der Waals surface area contributed by atoms with Gasteiger partial charge in [-0.1, -0.05) is 30.3 Å². The monoisotopic (exact) mass is 456 g/mol. The normalized spacial score (nSPS) is 11.1. The average molecular weight is 456 g/mol. The Bertz CT molecular complexity index is 1540. The fourth-order valence-electron chi connectivity index (χ4n) is 4.30. The Labute approximate surface area is 196 Å². The van der Waals surface area contributed by atoms with E-state index >= 15 is 0 Å². The van der Waals surface area contributed by atoms with Crippen LogP contribution in [-0.4, -0.2) is 25.9 Å². The maximum atomic E-state index is 13.6. The second kappa shape index (κ2) is 8.51. The lowest BCUT2D eigenvalue weighted by atomic mass is 10.0. The van der Waals surface area contributed by atoms with Gasteiger partial charge in [-0.3, -0.25) is 4.79 Å². The van der Waals surface area contributed by atoms with E-state index in [0.29, 0.717) is 45.2 Å². The molecule has 7 heteroatoms. The van der Waals surface area contributed by atoms with E-state index in [4.69, 9.17) is 18.6 Å². The number of aromatic nitrogens is 1. The van der Waals surface area contributed by atoms with E-state index in [1.165, 1.54) is 0 Å². The lowest BCUT2D eigenvalue weighted by Gasteiger charge is -2.15. The number of hydrogen-bond donors (Lipinski definition) is 1. The summed E-state index contributed by atoms with van der Waals surface area (Å²) in [5.74, 6) is 1.88. The van der Waals surface area contributed by atoms with Crippen molar-refractivity contribution >= 4 is 33.4 Å². The number of fused-ring (bicyclic) bond motifs is 3. The first kappa shape index (κ1) is 21.5. The molecule has 0 spiro atoms. The van der Waals surface area contributed by atoms with Gasteiger partial charge in [0, 0.05) is 18.1 Å². The number of pyridine rings is 1. The topological polar surface area (TPSA) is 74.9 Å². The average Bonchev–Trinajstić information content (AvgIpc) is 3.26. The van der Waals surface area contributed by atoms with Gasteiger partial charge in [0.05, 0.1) is 37.8 Å². The van der Waals surface area contributed by atoms with E-state index in [1.807, 2.05) is 66.7 Å². The zero-order valence-corrected chi connectivity index (χ0v) is 19.3. The number of furan rings is 1. The Balaban J connectivity index is 1.90. The fourth-order valence-corrected chi connectivity index (χ4v) is 4.30. The smallest absolute Gasteiger partial charge is 0.262 e. The summed E-state index contributed by atoms with van der Waals surface area (Å²) in [6.07, 6.45) is 0. The maximum absolute atomic E-state index is 13.6. The lowest BCUT2D eigenvalue weighted by molar-refractivity contribution is 0.324. The number of para-hydroxylation sites is 2. The van der Waals surface area contributed by atoms with Crippen LogP contribution < -0.4 is 25.1 Å². The van der Waals surface area contributed by atoms with Gasteiger partial charge in [0.2, 0.25) is 11.6 Å². The second-order valence-corrected chi connectivity index (χ2v) is 7.80. The molecule has 2 aromatic heterocycles. The number of ether oxygens (including phenoxy) is 3. The minimum Gasteiger partial charge on any atom is -0.493 e. The summed E-state index contributed by atoms with van der Waals surface area (Å²) in [6.45, 7) is 0. The molecule has 1 N–H and O–H groups in total. The van der Waals surface area contributed by atoms with E-state index in [9.17, 15) is 4.79 Å². The Morgan fingerprint density at radius 3 is 2.15 bits per heavy atom. The van der Waals surface area contributed by atoms with Crippen LogP contribution in [-0.2, 0) is 7.05 Å². The van der Waals surface area contributed by atoms with Gasteiger partial charge in [0.15, 0.2) is 17.1 Å². The fraction of sp³-hybridized carbons (Fsp3) is 0.148. The van der Waals surface area contributed by atoms with Gasteiger partial charge < -0.3 is 28.5 Å². The van der Waals surface area contributed by atoms with E-state index < -0.39 is 0 Å². The minimum absolute atomic E-state index is 0.165. The zero-order valence-electron chi connectivity index (χ0n) is 19.3. The highest BCUT2D eigenvalue weighted by Crippen LogP contribution is 2.46. The first-order valence-corrected chi connectivity index (χ1v) is 10.7. The van der Waals surface area contributed by atoms with Crippen molar-refractivity contribution in [2.24, 2.45) is 7.05 Å². The standard InChI is InChI=1S/C27H24N2O5/c1-29-19-13-9-8-12-18(19)24-23(27(29)30)22(26(34-24)28-17-10-6-5-7-11-17)16-14-20(31-2)25(33-4)21(15-16)32-3/h5-15,28H,1-4H3. The van der Waals surface area contributed by atoms with E-state index in [0.717, 1.165) is 16.6 Å². The molecule has 0 amide bonds. The largest absolute Gasteiger partial charge is 0.493 e. The van der Waals surface area contributed by atoms with Crippen molar-refractivity contribution in [3.63, 3.8) is 0 Å². The molecule has 0 aliphatic carbocycles. The van der Waals surface area contributed by atoms with Crippen LogP contribution in [0.2, 0.25) is 0 Å². The van der Waals surface area contributed by atoms with E-state index in [2.05, 4.69) is 5.32 Å². The Hall–Kier alpha value is -4.39. The number of methoxy groups -OCH3 is 3. The molecule has 0 saturated heterocycles. The maximum Gasteiger partial charge on any atom is 0.262 e. The van der Waals surface area contributed by atoms with Crippen molar-refractivity contribution in [2.75, 3.05) is 26.6 Å². The molecule has 3 aromatic carbocycles. The number of nitrogens with one attached hydrogen (secondary N) is 1. The van der Waals surface area contributed by atoms with Crippen LogP contribution in [0.4, 0.5) is 11.6 Å². The number of hydrogen-bond acceptors (Lipinski definition) is 6. The molecule has 0 aliphatic heterocycles. The summed E-state index contributed by atoms with van der Waals surface area (Å²) in [5.41, 5.74) is 3.28. The number of benzene rings is 3. The number of anilines is 2. The SMILES string of the molecule is COc1cc(-c2c(Nc3ccccc3)oc3c2c(=O)n(C)c2ccccc32)cc(OC)c1OC. The third kappa shape index (κ3) is 3.33. The van der Waals surface area contributed by atoms with Crippen molar-refractivity contribution in [3.05, 3.63) is 77.1 Å². The van der Waals surface area contributed by atoms with Gasteiger partial charge in [-0.25, -0.2) is 0 Å². The molecule has 172 valence electrons. The summed E-state index contributed by atoms with van der Waals surface area (Å²) in [6, 6.07) is 21.0. The Kier molecular flexibility index (Phi) is 5.37. The highest BCUT2D eigenvalue weighted by atomic mass is 16.5. The lowest BCUT2D eigenvalue weighted by Crippen LogP contribution is -2.17. The molecule has 0 atom stereocenters. The zero-order chi connectivity index (χ0) is 23.8. The molecule has 0 unspecified atom stereocenters. The Morgan fingerprint density at radius 1 is 0.853 bits per heavy atom. The quantitative estimate of drug-likeness (QED) is 0.352. The minimum atomic E-state index is -0.165. The van der Waals surface area contributed by atoms with Gasteiger partial charge in [0.25, 0.3) is 5.56 Å². The predicted octanol–water partition coefficient (Wildman–Crippen LogP) is 5.72. The van der Waals surface area contributed by atoms with Gasteiger partial charge in [-0.05, 0) is 42.0 Å². The molecule has 0 radical (unpaired) electrons. The molecule has 5 rings (SSSR count). The summed E-state index contributed by atoms with van der Waals surface area (Å²) < 4.78 is 24.6. The van der Waals surface area contributed by atoms with Crippen molar-refractivity contribution in [3.8, 4) is 28.4 Å². The third-order valence-corrected chi connectivity index (χ3v) is 5.92. The summed E-state index contributed by atoms with van der Waals surface area (Å²) in [7, 11) is 6.44. The molecule has 0 bridgehead atoms. The van der Waals surface area contributed by atoms with Gasteiger partial charge in [-0.15, -0.1) is 0 Å². The molecular weight excluding hydrogens is 432 g/mol. The predicted molar refractivity (Wildman–Crippen MR) is 134 cm³/mol. The molecule has 2 heterocycles. The van der Waals surface area contributed by atoms with Crippen molar-refractivity contribution in [1.82, 2.24) is 4.57 Å². The van der Waals surface area contributed by atoms with Crippen LogP contribution >= 0.6 is 0 Å². The van der Waals surface area contributed by atoms with Crippen LogP contribution in [0, 0.1) is 0 Å². The van der Waals surface area contributed by atoms with Gasteiger partial charge in [-0.2, -0.15) is 0 Å². The van der Waals surface area contributed by atoms with Crippen LogP contribution in [0.1, 0.15) is 0 Å². The highest BCUT2D eigenvalue weighted by Gasteiger charge is 2.25. The number of nitrogens with zero attached hydrogens (tertiary/aromatic N) is 1. The van der Waals surface area contributed by atoms with E-state index in [-0.39, 0.29) is 5.56 Å². The van der Waals surface area contributed by atoms with Crippen LogP contribution in [0.5, 0.6) is 17.2 Å². The third-order valence-electron chi connectivity index (χ3n) is 5.92. The second-order valence-electron chi connectivity index (χ2n) is 7.80. The molecular formula is C27H24N2O5. The molecule has 0 aliphatic rings. The number of aryl methyl sites for hydroxylation is 1. The molecule has 5 aromatic rings. The summed E-state index contributed by atoms with van der Waals surface area (Å²) >= 11 is 0. The van der Waals surface area contributed by atoms with Gasteiger partial charge >= 0.3 is 0 Å². The highest BCUT2D eigenvalue weighted by molar-refractivity contribution is 6.11. The van der Waals surface area contributed by atoms with Crippen molar-refractivity contribution < 1.29 is 18.6 Å². The Morgan fingerprint density at radius 2 is 1.50 bits per heavy atom.